The van der Waals surface area contributed by atoms with Gasteiger partial charge in [0.15, 0.2) is 0 Å². The van der Waals surface area contributed by atoms with Crippen molar-refractivity contribution < 1.29 is 0 Å². The number of nitrogen functional groups attached to an aromatic ring is 1. The smallest absolute Gasteiger partial charge is 0.0429 e. The van der Waals surface area contributed by atoms with E-state index in [1.807, 2.05) is 12.3 Å². The van der Waals surface area contributed by atoms with Crippen LogP contribution in [0.5, 0.6) is 0 Å². The molecular weight excluding hydrogens is 208 g/mol. The van der Waals surface area contributed by atoms with Gasteiger partial charge < -0.3 is 5.73 Å². The topological polar surface area (TPSA) is 38.9 Å². The summed E-state index contributed by atoms with van der Waals surface area (Å²) in [5.41, 5.74) is 13.4. The lowest BCUT2D eigenvalue weighted by Crippen LogP contribution is -2.12. The minimum Gasteiger partial charge on any atom is -0.398 e. The minimum atomic E-state index is 0.957. The van der Waals surface area contributed by atoms with Crippen molar-refractivity contribution in [2.45, 2.75) is 26.2 Å². The molecule has 1 heterocycles. The molecule has 1 aromatic carbocycles. The largest absolute Gasteiger partial charge is 0.398 e. The number of nitrogens with two attached hydrogens (primary N) is 1. The molecule has 2 nitrogen and oxygen atoms in total. The highest BCUT2D eigenvalue weighted by Gasteiger charge is 2.18. The Morgan fingerprint density at radius 2 is 2.12 bits per heavy atom. The van der Waals surface area contributed by atoms with Gasteiger partial charge in [-0.3, -0.25) is 4.98 Å². The van der Waals surface area contributed by atoms with Crippen LogP contribution < -0.4 is 5.73 Å². The molecule has 0 aliphatic heterocycles. The van der Waals surface area contributed by atoms with Crippen LogP contribution in [0.4, 0.5) is 5.69 Å². The van der Waals surface area contributed by atoms with Crippen LogP contribution >= 0.6 is 0 Å². The Labute approximate surface area is 102 Å². The van der Waals surface area contributed by atoms with E-state index in [0.717, 1.165) is 29.8 Å². The molecule has 0 fully saturated rings. The summed E-state index contributed by atoms with van der Waals surface area (Å²) in [4.78, 5) is 4.33. The quantitative estimate of drug-likeness (QED) is 0.796. The Hall–Kier alpha value is -1.83. The van der Waals surface area contributed by atoms with Crippen molar-refractivity contribution in [3.05, 3.63) is 47.3 Å². The minimum absolute atomic E-state index is 0.957. The van der Waals surface area contributed by atoms with Crippen LogP contribution in [0.2, 0.25) is 0 Å². The van der Waals surface area contributed by atoms with Gasteiger partial charge in [-0.2, -0.15) is 0 Å². The first-order valence-corrected chi connectivity index (χ1v) is 6.15. The van der Waals surface area contributed by atoms with Crippen LogP contribution in [-0.4, -0.2) is 4.98 Å². The Balaban J connectivity index is 2.12. The third kappa shape index (κ3) is 1.60. The number of nitrogens with zero attached hydrogens (tertiary/aromatic N) is 1. The zero-order valence-electron chi connectivity index (χ0n) is 10.0. The molecule has 0 atom stereocenters. The third-order valence-electron chi connectivity index (χ3n) is 3.59. The van der Waals surface area contributed by atoms with Crippen molar-refractivity contribution in [3.63, 3.8) is 0 Å². The number of hydrogen-bond acceptors (Lipinski definition) is 2. The van der Waals surface area contributed by atoms with Crippen LogP contribution in [0.25, 0.3) is 11.1 Å². The van der Waals surface area contributed by atoms with E-state index in [-0.39, 0.29) is 0 Å². The molecule has 17 heavy (non-hydrogen) atoms. The second kappa shape index (κ2) is 3.88. The maximum Gasteiger partial charge on any atom is 0.0429 e. The molecule has 2 N–H and O–H groups in total. The van der Waals surface area contributed by atoms with E-state index < -0.39 is 0 Å². The van der Waals surface area contributed by atoms with E-state index >= 15 is 0 Å². The van der Waals surface area contributed by atoms with Crippen LogP contribution in [0.3, 0.4) is 0 Å². The van der Waals surface area contributed by atoms with Gasteiger partial charge in [0.25, 0.3) is 0 Å². The fourth-order valence-electron chi connectivity index (χ4n) is 2.41. The van der Waals surface area contributed by atoms with E-state index in [9.17, 15) is 0 Å². The summed E-state index contributed by atoms with van der Waals surface area (Å²) in [6, 6.07) is 8.52. The van der Waals surface area contributed by atoms with E-state index in [0.29, 0.717) is 0 Å². The normalized spacial score (nSPS) is 13.0. The molecule has 0 amide bonds. The zero-order valence-corrected chi connectivity index (χ0v) is 10.0. The molecule has 3 rings (SSSR count). The van der Waals surface area contributed by atoms with Crippen molar-refractivity contribution in [2.75, 3.05) is 5.73 Å². The average molecular weight is 224 g/mol. The van der Waals surface area contributed by atoms with Gasteiger partial charge in [-0.25, -0.2) is 0 Å². The van der Waals surface area contributed by atoms with Crippen LogP contribution in [0.1, 0.15) is 23.7 Å². The van der Waals surface area contributed by atoms with Crippen LogP contribution in [-0.2, 0) is 19.3 Å². The first kappa shape index (κ1) is 10.3. The van der Waals surface area contributed by atoms with Crippen molar-refractivity contribution >= 4 is 5.69 Å². The van der Waals surface area contributed by atoms with Gasteiger partial charge in [-0.15, -0.1) is 0 Å². The predicted molar refractivity (Wildman–Crippen MR) is 70.9 cm³/mol. The van der Waals surface area contributed by atoms with Gasteiger partial charge >= 0.3 is 0 Å². The van der Waals surface area contributed by atoms with Crippen molar-refractivity contribution in [2.24, 2.45) is 0 Å². The summed E-state index contributed by atoms with van der Waals surface area (Å²) in [6.45, 7) is 2.12. The van der Waals surface area contributed by atoms with E-state index in [2.05, 4.69) is 30.1 Å². The Kier molecular flexibility index (Phi) is 2.36. The molecule has 86 valence electrons. The third-order valence-corrected chi connectivity index (χ3v) is 3.59. The van der Waals surface area contributed by atoms with Gasteiger partial charge in [0.05, 0.1) is 0 Å². The van der Waals surface area contributed by atoms with Crippen LogP contribution in [0, 0.1) is 0 Å². The summed E-state index contributed by atoms with van der Waals surface area (Å²) >= 11 is 0. The predicted octanol–water partition coefficient (Wildman–Crippen LogP) is 2.99. The van der Waals surface area contributed by atoms with E-state index in [1.165, 1.54) is 23.1 Å². The Bertz CT molecular complexity index is 573. The monoisotopic (exact) mass is 224 g/mol. The number of hydrogen-bond donors (Lipinski definition) is 1. The second-order valence-electron chi connectivity index (χ2n) is 4.55. The molecule has 1 aliphatic carbocycles. The van der Waals surface area contributed by atoms with E-state index in [1.54, 1.807) is 0 Å². The molecule has 0 saturated carbocycles. The first-order valence-electron chi connectivity index (χ1n) is 6.15. The Morgan fingerprint density at radius 3 is 2.82 bits per heavy atom. The number of aromatic nitrogens is 1. The van der Waals surface area contributed by atoms with Gasteiger partial charge in [0.2, 0.25) is 0 Å². The number of fused-ring (bicyclic) bond motifs is 1. The van der Waals surface area contributed by atoms with Crippen molar-refractivity contribution in [1.29, 1.82) is 0 Å². The molecule has 0 bridgehead atoms. The standard InChI is InChI=1S/C15H16N2/c1-2-12-9-11(7-8-17-12)14-6-4-10-3-5-13(10)15(14)16/h4,6-9H,2-3,5,16H2,1H3. The SMILES string of the molecule is CCc1cc(-c2ccc3c(c2N)CC3)ccn1. The molecular formula is C15H16N2. The lowest BCUT2D eigenvalue weighted by molar-refractivity contribution is 0.844. The highest BCUT2D eigenvalue weighted by molar-refractivity contribution is 5.80. The van der Waals surface area contributed by atoms with E-state index in [4.69, 9.17) is 5.73 Å². The van der Waals surface area contributed by atoms with Crippen LogP contribution in [0.15, 0.2) is 30.5 Å². The molecule has 0 spiro atoms. The Morgan fingerprint density at radius 1 is 1.24 bits per heavy atom. The lowest BCUT2D eigenvalue weighted by Gasteiger charge is -2.23. The van der Waals surface area contributed by atoms with Gasteiger partial charge in [-0.1, -0.05) is 19.1 Å². The van der Waals surface area contributed by atoms with Gasteiger partial charge in [0.1, 0.15) is 0 Å². The number of aryl methyl sites for hydroxylation is 2. The number of benzene rings is 1. The lowest BCUT2D eigenvalue weighted by atomic mass is 9.84. The number of anilines is 1. The molecule has 2 aromatic rings. The fourth-order valence-corrected chi connectivity index (χ4v) is 2.41. The molecule has 0 unspecified atom stereocenters. The molecule has 2 heteroatoms. The van der Waals surface area contributed by atoms with Gasteiger partial charge in [0, 0.05) is 23.1 Å². The molecule has 0 saturated heterocycles. The summed E-state index contributed by atoms with van der Waals surface area (Å²) in [7, 11) is 0. The summed E-state index contributed by atoms with van der Waals surface area (Å²) in [5.74, 6) is 0. The van der Waals surface area contributed by atoms with Gasteiger partial charge in [-0.05, 0) is 48.1 Å². The maximum absolute atomic E-state index is 6.24. The molecule has 1 aliphatic rings. The summed E-state index contributed by atoms with van der Waals surface area (Å²) < 4.78 is 0. The number of pyridine rings is 1. The summed E-state index contributed by atoms with van der Waals surface area (Å²) in [5, 5.41) is 0. The fraction of sp³-hybridized carbons (Fsp3) is 0.267. The molecule has 0 radical (unpaired) electrons. The van der Waals surface area contributed by atoms with Crippen molar-refractivity contribution in [3.8, 4) is 11.1 Å². The zero-order chi connectivity index (χ0) is 11.8. The highest BCUT2D eigenvalue weighted by atomic mass is 14.7. The molecule has 1 aromatic heterocycles. The second-order valence-corrected chi connectivity index (χ2v) is 4.55. The van der Waals surface area contributed by atoms with Crippen molar-refractivity contribution in [1.82, 2.24) is 4.98 Å². The maximum atomic E-state index is 6.24. The first-order chi connectivity index (χ1) is 8.29. The highest BCUT2D eigenvalue weighted by Crippen LogP contribution is 2.36. The summed E-state index contributed by atoms with van der Waals surface area (Å²) in [6.07, 6.45) is 5.13. The average Bonchev–Trinajstić information content (AvgIpc) is 2.31. The number of rotatable bonds is 2.